The van der Waals surface area contributed by atoms with Crippen molar-refractivity contribution in [2.45, 2.75) is 53.8 Å². The molecule has 0 aliphatic rings. The fourth-order valence-electron chi connectivity index (χ4n) is 2.54. The maximum Gasteiger partial charge on any atom is 0.100 e. The molecule has 2 rings (SSSR count). The zero-order valence-electron chi connectivity index (χ0n) is 13.4. The largest absolute Gasteiger partial charge is 0.310 e. The van der Waals surface area contributed by atoms with Gasteiger partial charge in [0.05, 0.1) is 5.69 Å². The Morgan fingerprint density at radius 1 is 1.25 bits per heavy atom. The van der Waals surface area contributed by atoms with E-state index in [2.05, 4.69) is 56.3 Å². The molecule has 0 bridgehead atoms. The number of aryl methyl sites for hydroxylation is 3. The summed E-state index contributed by atoms with van der Waals surface area (Å²) in [5.74, 6) is 0. The van der Waals surface area contributed by atoms with Crippen LogP contribution in [0.25, 0.3) is 11.3 Å². The van der Waals surface area contributed by atoms with Crippen LogP contribution in [-0.4, -0.2) is 25.6 Å². The van der Waals surface area contributed by atoms with E-state index in [0.717, 1.165) is 24.5 Å². The first-order valence-electron chi connectivity index (χ1n) is 7.24. The highest BCUT2D eigenvalue weighted by atomic mass is 15.3. The zero-order chi connectivity index (χ0) is 14.9. The maximum atomic E-state index is 4.65. The molecule has 5 nitrogen and oxygen atoms in total. The second-order valence-corrected chi connectivity index (χ2v) is 5.57. The van der Waals surface area contributed by atoms with Crippen LogP contribution in [0.2, 0.25) is 0 Å². The lowest BCUT2D eigenvalue weighted by Crippen LogP contribution is -2.21. The van der Waals surface area contributed by atoms with Crippen molar-refractivity contribution < 1.29 is 0 Å². The minimum atomic E-state index is 0.462. The van der Waals surface area contributed by atoms with Crippen molar-refractivity contribution in [3.63, 3.8) is 0 Å². The minimum Gasteiger partial charge on any atom is -0.310 e. The van der Waals surface area contributed by atoms with E-state index >= 15 is 0 Å². The third-order valence-electron chi connectivity index (χ3n) is 3.52. The number of hydrogen-bond donors (Lipinski definition) is 1. The van der Waals surface area contributed by atoms with E-state index in [-0.39, 0.29) is 0 Å². The van der Waals surface area contributed by atoms with Gasteiger partial charge in [-0.3, -0.25) is 9.36 Å². The van der Waals surface area contributed by atoms with Gasteiger partial charge in [-0.15, -0.1) is 0 Å². The van der Waals surface area contributed by atoms with Gasteiger partial charge in [0.1, 0.15) is 5.69 Å². The Kier molecular flexibility index (Phi) is 4.28. The average Bonchev–Trinajstić information content (AvgIpc) is 2.87. The van der Waals surface area contributed by atoms with Crippen LogP contribution >= 0.6 is 0 Å². The topological polar surface area (TPSA) is 47.7 Å². The first kappa shape index (κ1) is 14.8. The molecule has 0 fully saturated rings. The number of rotatable bonds is 5. The van der Waals surface area contributed by atoms with Crippen LogP contribution < -0.4 is 5.32 Å². The number of nitrogens with one attached hydrogen (secondary N) is 1. The number of aromatic nitrogens is 4. The van der Waals surface area contributed by atoms with E-state index < -0.39 is 0 Å². The minimum absolute atomic E-state index is 0.462. The molecule has 1 N–H and O–H groups in total. The van der Waals surface area contributed by atoms with Crippen LogP contribution in [-0.2, 0) is 20.1 Å². The van der Waals surface area contributed by atoms with Crippen LogP contribution in [0.15, 0.2) is 6.20 Å². The van der Waals surface area contributed by atoms with E-state index in [9.17, 15) is 0 Å². The molecule has 2 aromatic rings. The van der Waals surface area contributed by atoms with Gasteiger partial charge in [0.15, 0.2) is 0 Å². The van der Waals surface area contributed by atoms with Crippen molar-refractivity contribution in [1.82, 2.24) is 24.9 Å². The van der Waals surface area contributed by atoms with E-state index in [1.807, 2.05) is 16.4 Å². The molecule has 0 saturated heterocycles. The normalized spacial score (nSPS) is 11.6. The summed E-state index contributed by atoms with van der Waals surface area (Å²) in [4.78, 5) is 0. The quantitative estimate of drug-likeness (QED) is 0.911. The van der Waals surface area contributed by atoms with Gasteiger partial charge in [0.2, 0.25) is 0 Å². The molecule has 0 spiro atoms. The van der Waals surface area contributed by atoms with Crippen LogP contribution in [0.1, 0.15) is 37.7 Å². The van der Waals surface area contributed by atoms with Gasteiger partial charge in [-0.25, -0.2) is 0 Å². The highest BCUT2D eigenvalue weighted by Gasteiger charge is 2.19. The molecule has 0 aliphatic heterocycles. The molecule has 0 atom stereocenters. The summed E-state index contributed by atoms with van der Waals surface area (Å²) in [6.45, 7) is 12.3. The predicted octanol–water partition coefficient (Wildman–Crippen LogP) is 2.42. The summed E-state index contributed by atoms with van der Waals surface area (Å²) in [5.41, 5.74) is 5.69. The highest BCUT2D eigenvalue weighted by Crippen LogP contribution is 2.28. The molecule has 0 aliphatic carbocycles. The Morgan fingerprint density at radius 3 is 2.50 bits per heavy atom. The van der Waals surface area contributed by atoms with Crippen LogP contribution in [0.3, 0.4) is 0 Å². The first-order valence-corrected chi connectivity index (χ1v) is 7.24. The van der Waals surface area contributed by atoms with Crippen LogP contribution in [0.5, 0.6) is 0 Å². The van der Waals surface area contributed by atoms with Gasteiger partial charge < -0.3 is 5.32 Å². The van der Waals surface area contributed by atoms with Crippen molar-refractivity contribution in [2.75, 3.05) is 0 Å². The van der Waals surface area contributed by atoms with Crippen LogP contribution in [0.4, 0.5) is 0 Å². The highest BCUT2D eigenvalue weighted by molar-refractivity contribution is 5.67. The van der Waals surface area contributed by atoms with E-state index in [1.54, 1.807) is 0 Å². The van der Waals surface area contributed by atoms with Gasteiger partial charge in [-0.2, -0.15) is 10.2 Å². The predicted molar refractivity (Wildman–Crippen MR) is 81.6 cm³/mol. The smallest absolute Gasteiger partial charge is 0.100 e. The summed E-state index contributed by atoms with van der Waals surface area (Å²) in [7, 11) is 1.97. The third-order valence-corrected chi connectivity index (χ3v) is 3.52. The van der Waals surface area contributed by atoms with E-state index in [0.29, 0.717) is 6.04 Å². The lowest BCUT2D eigenvalue weighted by atomic mass is 10.1. The van der Waals surface area contributed by atoms with Crippen molar-refractivity contribution in [2.24, 2.45) is 7.05 Å². The molecular weight excluding hydrogens is 250 g/mol. The number of hydrogen-bond acceptors (Lipinski definition) is 3. The third kappa shape index (κ3) is 2.77. The van der Waals surface area contributed by atoms with Crippen molar-refractivity contribution in [3.8, 4) is 11.3 Å². The molecule has 20 heavy (non-hydrogen) atoms. The molecule has 2 aromatic heterocycles. The second kappa shape index (κ2) is 5.79. The Hall–Kier alpha value is -1.62. The lowest BCUT2D eigenvalue weighted by molar-refractivity contribution is 0.589. The maximum absolute atomic E-state index is 4.65. The molecule has 2 heterocycles. The molecule has 5 heteroatoms. The van der Waals surface area contributed by atoms with Gasteiger partial charge in [0, 0.05) is 49.2 Å². The van der Waals surface area contributed by atoms with E-state index in [4.69, 9.17) is 0 Å². The average molecular weight is 275 g/mol. The Labute approximate surface area is 121 Å². The SMILES string of the molecule is CCn1nc(C)c(-c2nn(C)cc2CNC(C)C)c1C. The summed E-state index contributed by atoms with van der Waals surface area (Å²) >= 11 is 0. The molecule has 0 saturated carbocycles. The second-order valence-electron chi connectivity index (χ2n) is 5.57. The summed E-state index contributed by atoms with van der Waals surface area (Å²) in [6, 6.07) is 0.462. The van der Waals surface area contributed by atoms with Crippen molar-refractivity contribution in [3.05, 3.63) is 23.1 Å². The zero-order valence-corrected chi connectivity index (χ0v) is 13.4. The lowest BCUT2D eigenvalue weighted by Gasteiger charge is -2.08. The molecule has 0 unspecified atom stereocenters. The number of nitrogens with zero attached hydrogens (tertiary/aromatic N) is 4. The Morgan fingerprint density at radius 2 is 1.95 bits per heavy atom. The standard InChI is InChI=1S/C15H25N5/c1-7-20-12(5)14(11(4)17-20)15-13(8-16-10(2)3)9-19(6)18-15/h9-10,16H,7-8H2,1-6H3. The van der Waals surface area contributed by atoms with Gasteiger partial charge in [0.25, 0.3) is 0 Å². The Bertz CT molecular complexity index is 592. The van der Waals surface area contributed by atoms with Gasteiger partial charge in [-0.05, 0) is 20.8 Å². The molecule has 110 valence electrons. The van der Waals surface area contributed by atoms with Crippen LogP contribution in [0, 0.1) is 13.8 Å². The monoisotopic (exact) mass is 275 g/mol. The summed E-state index contributed by atoms with van der Waals surface area (Å²) in [6.07, 6.45) is 2.09. The van der Waals surface area contributed by atoms with Crippen molar-refractivity contribution >= 4 is 0 Å². The first-order chi connectivity index (χ1) is 9.43. The Balaban J connectivity index is 2.44. The van der Waals surface area contributed by atoms with Crippen molar-refractivity contribution in [1.29, 1.82) is 0 Å². The fraction of sp³-hybridized carbons (Fsp3) is 0.600. The molecule has 0 amide bonds. The summed E-state index contributed by atoms with van der Waals surface area (Å²) < 4.78 is 3.92. The molecular formula is C15H25N5. The van der Waals surface area contributed by atoms with Gasteiger partial charge >= 0.3 is 0 Å². The summed E-state index contributed by atoms with van der Waals surface area (Å²) in [5, 5.41) is 12.7. The van der Waals surface area contributed by atoms with Gasteiger partial charge in [-0.1, -0.05) is 13.8 Å². The fourth-order valence-corrected chi connectivity index (χ4v) is 2.54. The molecule has 0 aromatic carbocycles. The van der Waals surface area contributed by atoms with E-state index in [1.165, 1.54) is 16.8 Å². The molecule has 0 radical (unpaired) electrons.